The third kappa shape index (κ3) is 7.26. The Morgan fingerprint density at radius 1 is 1.19 bits per heavy atom. The molecule has 2 heterocycles. The van der Waals surface area contributed by atoms with E-state index in [-0.39, 0.29) is 5.41 Å². The highest BCUT2D eigenvalue weighted by molar-refractivity contribution is 5.79. The number of aromatic nitrogens is 1. The molecule has 2 aromatic rings. The number of benzene rings is 1. The Morgan fingerprint density at radius 2 is 1.91 bits per heavy atom. The first-order valence-corrected chi connectivity index (χ1v) is 11.7. The summed E-state index contributed by atoms with van der Waals surface area (Å²) in [6.45, 7) is 13.9. The van der Waals surface area contributed by atoms with Gasteiger partial charge >= 0.3 is 0 Å². The summed E-state index contributed by atoms with van der Waals surface area (Å²) in [5.74, 6) is 3.93. The van der Waals surface area contributed by atoms with Gasteiger partial charge in [-0.25, -0.2) is 9.98 Å². The molecule has 7 heteroatoms. The smallest absolute Gasteiger partial charge is 0.216 e. The van der Waals surface area contributed by atoms with Crippen LogP contribution in [0.1, 0.15) is 57.8 Å². The lowest BCUT2D eigenvalue weighted by atomic mass is 9.94. The largest absolute Gasteiger partial charge is 0.497 e. The van der Waals surface area contributed by atoms with E-state index in [1.807, 2.05) is 18.3 Å². The first-order valence-electron chi connectivity index (χ1n) is 11.7. The molecule has 0 spiro atoms. The predicted molar refractivity (Wildman–Crippen MR) is 129 cm³/mol. The number of rotatable bonds is 8. The fraction of sp³-hybridized carbons (Fsp3) is 0.600. The van der Waals surface area contributed by atoms with Gasteiger partial charge < -0.3 is 19.8 Å². The molecule has 0 amide bonds. The maximum atomic E-state index is 5.86. The highest BCUT2D eigenvalue weighted by Crippen LogP contribution is 2.23. The average molecular weight is 442 g/mol. The average Bonchev–Trinajstić information content (AvgIpc) is 3.27. The van der Waals surface area contributed by atoms with Crippen LogP contribution in [-0.4, -0.2) is 49.1 Å². The lowest BCUT2D eigenvalue weighted by molar-refractivity contribution is 0.178. The van der Waals surface area contributed by atoms with Crippen molar-refractivity contribution in [3.05, 3.63) is 47.7 Å². The van der Waals surface area contributed by atoms with E-state index in [2.05, 4.69) is 65.3 Å². The molecule has 1 fully saturated rings. The van der Waals surface area contributed by atoms with Gasteiger partial charge in [0, 0.05) is 25.0 Å². The molecule has 0 saturated carbocycles. The van der Waals surface area contributed by atoms with Crippen LogP contribution < -0.4 is 15.4 Å². The number of hydrogen-bond acceptors (Lipinski definition) is 5. The van der Waals surface area contributed by atoms with Crippen molar-refractivity contribution in [1.82, 2.24) is 20.5 Å². The lowest BCUT2D eigenvalue weighted by Gasteiger charge is -2.32. The number of oxazole rings is 1. The van der Waals surface area contributed by atoms with Crippen LogP contribution in [0.2, 0.25) is 0 Å². The molecule has 1 aliphatic rings. The minimum Gasteiger partial charge on any atom is -0.497 e. The Balaban J connectivity index is 1.43. The molecule has 176 valence electrons. The minimum atomic E-state index is -0.0417. The first-order chi connectivity index (χ1) is 15.4. The lowest BCUT2D eigenvalue weighted by Crippen LogP contribution is -2.42. The molecule has 0 bridgehead atoms. The molecular weight excluding hydrogens is 402 g/mol. The zero-order valence-electron chi connectivity index (χ0n) is 20.3. The monoisotopic (exact) mass is 441 g/mol. The summed E-state index contributed by atoms with van der Waals surface area (Å²) < 4.78 is 11.1. The van der Waals surface area contributed by atoms with Crippen molar-refractivity contribution in [1.29, 1.82) is 0 Å². The molecule has 0 radical (unpaired) electrons. The number of methoxy groups -OCH3 is 1. The first kappa shape index (κ1) is 24.1. The van der Waals surface area contributed by atoms with Crippen molar-refractivity contribution in [2.45, 2.75) is 59.0 Å². The van der Waals surface area contributed by atoms with E-state index < -0.39 is 0 Å². The molecule has 7 nitrogen and oxygen atoms in total. The van der Waals surface area contributed by atoms with Crippen molar-refractivity contribution in [3.63, 3.8) is 0 Å². The Hall–Kier alpha value is -2.54. The second-order valence-corrected chi connectivity index (χ2v) is 9.51. The molecule has 1 aliphatic heterocycles. The predicted octanol–water partition coefficient (Wildman–Crippen LogP) is 3.95. The number of ether oxygens (including phenoxy) is 1. The van der Waals surface area contributed by atoms with Crippen LogP contribution in [0.3, 0.4) is 0 Å². The minimum absolute atomic E-state index is 0.0417. The molecule has 1 saturated heterocycles. The van der Waals surface area contributed by atoms with Crippen LogP contribution in [0.25, 0.3) is 0 Å². The number of nitrogens with zero attached hydrogens (tertiary/aromatic N) is 3. The van der Waals surface area contributed by atoms with Crippen LogP contribution in [0.15, 0.2) is 39.9 Å². The Labute approximate surface area is 192 Å². The van der Waals surface area contributed by atoms with Crippen molar-refractivity contribution >= 4 is 5.96 Å². The summed E-state index contributed by atoms with van der Waals surface area (Å²) in [5, 5.41) is 6.84. The summed E-state index contributed by atoms with van der Waals surface area (Å²) in [4.78, 5) is 11.6. The number of hydrogen-bond donors (Lipinski definition) is 2. The zero-order chi connectivity index (χ0) is 23.0. The Kier molecular flexibility index (Phi) is 8.56. The van der Waals surface area contributed by atoms with Gasteiger partial charge in [-0.05, 0) is 56.5 Å². The van der Waals surface area contributed by atoms with Gasteiger partial charge in [-0.2, -0.15) is 0 Å². The number of nitrogens with one attached hydrogen (secondary N) is 2. The number of guanidine groups is 1. The van der Waals surface area contributed by atoms with Gasteiger partial charge in [0.05, 0.1) is 13.3 Å². The maximum Gasteiger partial charge on any atom is 0.216 e. The summed E-state index contributed by atoms with van der Waals surface area (Å²) in [6.07, 6.45) is 4.19. The van der Waals surface area contributed by atoms with Crippen LogP contribution in [0.5, 0.6) is 5.75 Å². The highest BCUT2D eigenvalue weighted by atomic mass is 16.5. The van der Waals surface area contributed by atoms with Gasteiger partial charge in [-0.3, -0.25) is 4.90 Å². The van der Waals surface area contributed by atoms with Gasteiger partial charge in [0.25, 0.3) is 0 Å². The summed E-state index contributed by atoms with van der Waals surface area (Å²) in [7, 11) is 1.71. The fourth-order valence-corrected chi connectivity index (χ4v) is 3.80. The standard InChI is InChI=1S/C25H39N5O2/c1-6-26-24(29-17-23-27-16-22(32-23)25(2,3)4)28-15-19-11-13-30(14-12-19)18-20-7-9-21(31-5)10-8-20/h7-10,16,19H,6,11-15,17-18H2,1-5H3,(H2,26,28,29). The van der Waals surface area contributed by atoms with E-state index >= 15 is 0 Å². The van der Waals surface area contributed by atoms with Gasteiger partial charge in [0.2, 0.25) is 5.89 Å². The van der Waals surface area contributed by atoms with Crippen molar-refractivity contribution in [2.24, 2.45) is 10.9 Å². The summed E-state index contributed by atoms with van der Waals surface area (Å²) in [6, 6.07) is 8.39. The quantitative estimate of drug-likeness (QED) is 0.477. The second-order valence-electron chi connectivity index (χ2n) is 9.51. The fourth-order valence-electron chi connectivity index (χ4n) is 3.80. The van der Waals surface area contributed by atoms with Gasteiger partial charge in [0.1, 0.15) is 18.1 Å². The zero-order valence-corrected chi connectivity index (χ0v) is 20.3. The third-order valence-corrected chi connectivity index (χ3v) is 5.84. The van der Waals surface area contributed by atoms with E-state index in [0.717, 1.165) is 50.2 Å². The molecule has 1 aromatic carbocycles. The van der Waals surface area contributed by atoms with Crippen molar-refractivity contribution in [3.8, 4) is 5.75 Å². The van der Waals surface area contributed by atoms with Crippen LogP contribution >= 0.6 is 0 Å². The van der Waals surface area contributed by atoms with Crippen LogP contribution in [0, 0.1) is 5.92 Å². The van der Waals surface area contributed by atoms with Gasteiger partial charge in [-0.15, -0.1) is 0 Å². The van der Waals surface area contributed by atoms with E-state index in [1.165, 1.54) is 18.4 Å². The molecule has 0 unspecified atom stereocenters. The molecule has 0 atom stereocenters. The van der Waals surface area contributed by atoms with E-state index in [0.29, 0.717) is 18.4 Å². The number of piperidine rings is 1. The molecule has 32 heavy (non-hydrogen) atoms. The molecule has 1 aromatic heterocycles. The Morgan fingerprint density at radius 3 is 2.50 bits per heavy atom. The number of aliphatic imine (C=N–C) groups is 1. The topological polar surface area (TPSA) is 74.9 Å². The van der Waals surface area contributed by atoms with E-state index in [9.17, 15) is 0 Å². The normalized spacial score (nSPS) is 16.2. The number of likely N-dealkylation sites (tertiary alicyclic amines) is 1. The summed E-state index contributed by atoms with van der Waals surface area (Å²) in [5.41, 5.74) is 1.30. The third-order valence-electron chi connectivity index (χ3n) is 5.84. The molecule has 2 N–H and O–H groups in total. The van der Waals surface area contributed by atoms with Gasteiger partial charge in [0.15, 0.2) is 5.96 Å². The summed E-state index contributed by atoms with van der Waals surface area (Å²) >= 11 is 0. The van der Waals surface area contributed by atoms with E-state index in [4.69, 9.17) is 9.15 Å². The van der Waals surface area contributed by atoms with Crippen molar-refractivity contribution in [2.75, 3.05) is 33.3 Å². The molecular formula is C25H39N5O2. The van der Waals surface area contributed by atoms with Crippen LogP contribution in [0.4, 0.5) is 0 Å². The Bertz CT molecular complexity index is 846. The molecule has 3 rings (SSSR count). The second kappa shape index (κ2) is 11.4. The highest BCUT2D eigenvalue weighted by Gasteiger charge is 2.20. The van der Waals surface area contributed by atoms with Gasteiger partial charge in [-0.1, -0.05) is 32.9 Å². The SMILES string of the molecule is CCNC(=NCc1ncc(C(C)(C)C)o1)NCC1CCN(Cc2ccc(OC)cc2)CC1. The van der Waals surface area contributed by atoms with E-state index in [1.54, 1.807) is 7.11 Å². The van der Waals surface area contributed by atoms with Crippen LogP contribution in [-0.2, 0) is 18.5 Å². The maximum absolute atomic E-state index is 5.86. The molecule has 0 aliphatic carbocycles. The van der Waals surface area contributed by atoms with Crippen molar-refractivity contribution < 1.29 is 9.15 Å².